The minimum atomic E-state index is -4.60. The summed E-state index contributed by atoms with van der Waals surface area (Å²) < 4.78 is 84.5. The molecule has 0 heterocycles. The highest BCUT2D eigenvalue weighted by atomic mass is 35.5. The summed E-state index contributed by atoms with van der Waals surface area (Å²) in [6.07, 6.45) is -3.24. The third-order valence-corrected chi connectivity index (χ3v) is 8.66. The van der Waals surface area contributed by atoms with Crippen molar-refractivity contribution in [3.05, 3.63) is 130 Å². The molecule has 0 aliphatic heterocycles. The number of nitrogens with zero attached hydrogens (tertiary/aromatic N) is 1. The quantitative estimate of drug-likeness (QED) is 0.148. The van der Waals surface area contributed by atoms with Crippen LogP contribution in [0, 0.1) is 11.9 Å². The van der Waals surface area contributed by atoms with Crippen molar-refractivity contribution in [2.75, 3.05) is 19.4 Å². The Balaban J connectivity index is 1.62. The van der Waals surface area contributed by atoms with Crippen LogP contribution in [0.1, 0.15) is 41.5 Å². The van der Waals surface area contributed by atoms with Crippen LogP contribution in [0.25, 0.3) is 0 Å². The summed E-state index contributed by atoms with van der Waals surface area (Å²) in [7, 11) is -3.70. The fraction of sp³-hybridized carbons (Fsp3) is 0.273. The van der Waals surface area contributed by atoms with E-state index < -0.39 is 27.4 Å². The molecule has 0 aromatic heterocycles. The van der Waals surface area contributed by atoms with Gasteiger partial charge >= 0.3 is 6.18 Å². The van der Waals surface area contributed by atoms with Crippen LogP contribution in [0.4, 0.5) is 17.6 Å². The van der Waals surface area contributed by atoms with Gasteiger partial charge < -0.3 is 4.74 Å². The van der Waals surface area contributed by atoms with Gasteiger partial charge in [0.25, 0.3) is 0 Å². The fourth-order valence-corrected chi connectivity index (χ4v) is 5.75. The fourth-order valence-electron chi connectivity index (χ4n) is 4.85. The van der Waals surface area contributed by atoms with E-state index in [1.807, 2.05) is 67.6 Å². The maximum atomic E-state index is 14.0. The Labute approximate surface area is 254 Å². The number of ether oxygens (including phenoxy) is 1. The van der Waals surface area contributed by atoms with E-state index in [2.05, 4.69) is 11.0 Å². The highest BCUT2D eigenvalue weighted by Gasteiger charge is 2.34. The van der Waals surface area contributed by atoms with Gasteiger partial charge in [-0.25, -0.2) is 12.8 Å². The molecule has 10 heteroatoms. The molecule has 0 saturated carbocycles. The summed E-state index contributed by atoms with van der Waals surface area (Å²) >= 11 is 6.30. The SMILES string of the molecule is C[C@H](CCOc1cc(F)[c]c(S(C)(=O)=O)c1)N(Cc1cccc(C(F)(F)F)c1Cl)CC(c1ccccc1)c1ccccc1. The second-order valence-electron chi connectivity index (χ2n) is 10.4. The molecule has 4 rings (SSSR count). The van der Waals surface area contributed by atoms with E-state index in [1.165, 1.54) is 12.1 Å². The number of hydrogen-bond acceptors (Lipinski definition) is 4. The van der Waals surface area contributed by atoms with Crippen LogP contribution in [-0.4, -0.2) is 38.8 Å². The zero-order chi connectivity index (χ0) is 31.2. The maximum Gasteiger partial charge on any atom is 0.417 e. The molecule has 0 saturated heterocycles. The Morgan fingerprint density at radius 1 is 0.930 bits per heavy atom. The van der Waals surface area contributed by atoms with Gasteiger partial charge in [-0.3, -0.25) is 4.90 Å². The number of alkyl halides is 3. The summed E-state index contributed by atoms with van der Waals surface area (Å²) in [6, 6.07) is 27.8. The Hall–Kier alpha value is -3.40. The van der Waals surface area contributed by atoms with Gasteiger partial charge in [0.15, 0.2) is 9.84 Å². The average molecular weight is 633 g/mol. The lowest BCUT2D eigenvalue weighted by Crippen LogP contribution is -2.37. The van der Waals surface area contributed by atoms with Crippen LogP contribution in [0.2, 0.25) is 5.02 Å². The zero-order valence-electron chi connectivity index (χ0n) is 23.6. The second kappa shape index (κ2) is 13.9. The van der Waals surface area contributed by atoms with Crippen molar-refractivity contribution in [3.8, 4) is 5.75 Å². The summed E-state index contributed by atoms with van der Waals surface area (Å²) in [5, 5.41) is -0.344. The summed E-state index contributed by atoms with van der Waals surface area (Å²) in [5.41, 5.74) is 1.53. The van der Waals surface area contributed by atoms with Crippen molar-refractivity contribution in [2.45, 2.75) is 42.9 Å². The van der Waals surface area contributed by atoms with Crippen LogP contribution in [0.15, 0.2) is 95.9 Å². The summed E-state index contributed by atoms with van der Waals surface area (Å²) in [5.74, 6) is -0.922. The second-order valence-corrected chi connectivity index (χ2v) is 12.7. The molecule has 0 bridgehead atoms. The van der Waals surface area contributed by atoms with Gasteiger partial charge in [-0.15, -0.1) is 0 Å². The third-order valence-electron chi connectivity index (χ3n) is 7.19. The monoisotopic (exact) mass is 632 g/mol. The molecule has 4 aromatic rings. The van der Waals surface area contributed by atoms with Crippen molar-refractivity contribution in [2.24, 2.45) is 0 Å². The highest BCUT2D eigenvalue weighted by Crippen LogP contribution is 2.37. The van der Waals surface area contributed by atoms with Crippen LogP contribution in [-0.2, 0) is 22.6 Å². The number of rotatable bonds is 12. The lowest BCUT2D eigenvalue weighted by molar-refractivity contribution is -0.137. The predicted octanol–water partition coefficient (Wildman–Crippen LogP) is 8.19. The van der Waals surface area contributed by atoms with Crippen molar-refractivity contribution in [3.63, 3.8) is 0 Å². The third kappa shape index (κ3) is 8.81. The molecule has 227 valence electrons. The smallest absolute Gasteiger partial charge is 0.417 e. The molecule has 0 N–H and O–H groups in total. The Morgan fingerprint density at radius 3 is 2.09 bits per heavy atom. The summed E-state index contributed by atoms with van der Waals surface area (Å²) in [4.78, 5) is 1.74. The molecular weight excluding hydrogens is 602 g/mol. The lowest BCUT2D eigenvalue weighted by atomic mass is 9.90. The molecule has 0 aliphatic rings. The molecule has 4 aromatic carbocycles. The van der Waals surface area contributed by atoms with Gasteiger partial charge in [-0.2, -0.15) is 13.2 Å². The first-order valence-electron chi connectivity index (χ1n) is 13.6. The Bertz CT molecular complexity index is 1580. The van der Waals surface area contributed by atoms with E-state index >= 15 is 0 Å². The summed E-state index contributed by atoms with van der Waals surface area (Å²) in [6.45, 7) is 2.61. The van der Waals surface area contributed by atoms with Gasteiger partial charge in [0.05, 0.1) is 22.1 Å². The van der Waals surface area contributed by atoms with E-state index in [4.69, 9.17) is 16.3 Å². The first-order chi connectivity index (χ1) is 20.3. The predicted molar refractivity (Wildman–Crippen MR) is 160 cm³/mol. The topological polar surface area (TPSA) is 46.6 Å². The minimum absolute atomic E-state index is 0.0443. The van der Waals surface area contributed by atoms with E-state index in [0.717, 1.165) is 29.5 Å². The van der Waals surface area contributed by atoms with E-state index in [1.54, 1.807) is 6.07 Å². The highest BCUT2D eigenvalue weighted by molar-refractivity contribution is 7.90. The molecule has 0 aliphatic carbocycles. The number of benzene rings is 4. The number of sulfone groups is 1. The molecule has 0 unspecified atom stereocenters. The molecule has 0 fully saturated rings. The average Bonchev–Trinajstić information content (AvgIpc) is 2.95. The van der Waals surface area contributed by atoms with E-state index in [0.29, 0.717) is 18.5 Å². The largest absolute Gasteiger partial charge is 0.493 e. The van der Waals surface area contributed by atoms with Gasteiger partial charge in [-0.05, 0) is 42.2 Å². The lowest BCUT2D eigenvalue weighted by Gasteiger charge is -2.34. The van der Waals surface area contributed by atoms with Crippen molar-refractivity contribution in [1.29, 1.82) is 0 Å². The van der Waals surface area contributed by atoms with Gasteiger partial charge in [-0.1, -0.05) is 84.4 Å². The molecule has 0 spiro atoms. The molecular formula is C33H31ClF4NO3S. The number of halogens is 5. The maximum absolute atomic E-state index is 14.0. The molecule has 1 radical (unpaired) electrons. The van der Waals surface area contributed by atoms with E-state index in [9.17, 15) is 26.0 Å². The van der Waals surface area contributed by atoms with Crippen molar-refractivity contribution < 1.29 is 30.7 Å². The van der Waals surface area contributed by atoms with Crippen LogP contribution in [0.3, 0.4) is 0 Å². The standard InChI is InChI=1S/C33H31ClF4NO3S/c1-23(16-17-42-28-18-27(35)19-29(20-28)43(2,40)41)39(21-26-14-9-15-31(32(26)34)33(36,37)38)22-30(24-10-5-3-6-11-24)25-12-7-4-8-13-25/h3-15,18,20,23,30H,16-17,21-22H2,1-2H3/t23-/m1/s1. The van der Waals surface area contributed by atoms with Crippen molar-refractivity contribution in [1.82, 2.24) is 4.90 Å². The van der Waals surface area contributed by atoms with Crippen molar-refractivity contribution >= 4 is 21.4 Å². The molecule has 0 amide bonds. The molecule has 43 heavy (non-hydrogen) atoms. The minimum Gasteiger partial charge on any atom is -0.493 e. The van der Waals surface area contributed by atoms with Crippen LogP contribution >= 0.6 is 11.6 Å². The molecule has 4 nitrogen and oxygen atoms in total. The first-order valence-corrected chi connectivity index (χ1v) is 15.8. The Kier molecular flexibility index (Phi) is 10.5. The van der Waals surface area contributed by atoms with E-state index in [-0.39, 0.29) is 40.8 Å². The van der Waals surface area contributed by atoms with Crippen LogP contribution < -0.4 is 4.74 Å². The molecule has 1 atom stereocenters. The van der Waals surface area contributed by atoms with Gasteiger partial charge in [0, 0.05) is 43.4 Å². The Morgan fingerprint density at radius 2 is 1.53 bits per heavy atom. The zero-order valence-corrected chi connectivity index (χ0v) is 25.2. The first kappa shape index (κ1) is 32.5. The van der Waals surface area contributed by atoms with Gasteiger partial charge in [0.1, 0.15) is 11.6 Å². The number of hydrogen-bond donors (Lipinski definition) is 0. The van der Waals surface area contributed by atoms with Gasteiger partial charge in [0.2, 0.25) is 0 Å². The van der Waals surface area contributed by atoms with Crippen LogP contribution in [0.5, 0.6) is 5.75 Å². The normalized spacial score (nSPS) is 13.0.